The van der Waals surface area contributed by atoms with Gasteiger partial charge in [0.1, 0.15) is 0 Å². The Morgan fingerprint density at radius 2 is 1.89 bits per heavy atom. The van der Waals surface area contributed by atoms with Gasteiger partial charge in [-0.1, -0.05) is 17.7 Å². The smallest absolute Gasteiger partial charge is 0.310 e. The van der Waals surface area contributed by atoms with Crippen LogP contribution in [-0.2, 0) is 11.3 Å². The molecule has 1 N–H and O–H groups in total. The SMILES string of the molecule is Cc1cc(C)c(CN2CCC(C)(C(=O)O)C2)c(C)c1. The molecule has 19 heavy (non-hydrogen) atoms. The highest BCUT2D eigenvalue weighted by atomic mass is 16.4. The molecule has 0 saturated carbocycles. The van der Waals surface area contributed by atoms with Crippen molar-refractivity contribution in [3.05, 3.63) is 34.4 Å². The molecule has 104 valence electrons. The van der Waals surface area contributed by atoms with Gasteiger partial charge in [-0.15, -0.1) is 0 Å². The number of likely N-dealkylation sites (tertiary alicyclic amines) is 1. The number of carboxylic acids is 1. The first-order valence-corrected chi connectivity index (χ1v) is 6.84. The third-order valence-corrected chi connectivity index (χ3v) is 4.29. The summed E-state index contributed by atoms with van der Waals surface area (Å²) in [5, 5.41) is 9.28. The quantitative estimate of drug-likeness (QED) is 0.909. The molecule has 1 aliphatic heterocycles. The molecule has 0 spiro atoms. The lowest BCUT2D eigenvalue weighted by atomic mass is 9.90. The number of hydrogen-bond donors (Lipinski definition) is 1. The third-order valence-electron chi connectivity index (χ3n) is 4.29. The van der Waals surface area contributed by atoms with Gasteiger partial charge >= 0.3 is 5.97 Å². The average molecular weight is 261 g/mol. The highest BCUT2D eigenvalue weighted by molar-refractivity contribution is 5.74. The molecule has 3 nitrogen and oxygen atoms in total. The molecule has 1 aliphatic rings. The van der Waals surface area contributed by atoms with Gasteiger partial charge in [0.15, 0.2) is 0 Å². The second kappa shape index (κ2) is 4.97. The van der Waals surface area contributed by atoms with E-state index in [0.717, 1.165) is 19.5 Å². The molecular weight excluding hydrogens is 238 g/mol. The Morgan fingerprint density at radius 1 is 1.32 bits per heavy atom. The molecule has 1 saturated heterocycles. The Labute approximate surface area is 115 Å². The molecule has 0 radical (unpaired) electrons. The van der Waals surface area contributed by atoms with Crippen molar-refractivity contribution in [3.63, 3.8) is 0 Å². The molecule has 0 amide bonds. The predicted molar refractivity (Wildman–Crippen MR) is 76.3 cm³/mol. The molecule has 1 unspecified atom stereocenters. The molecule has 0 bridgehead atoms. The molecule has 0 aliphatic carbocycles. The van der Waals surface area contributed by atoms with E-state index in [1.807, 2.05) is 6.92 Å². The van der Waals surface area contributed by atoms with Crippen LogP contribution in [0, 0.1) is 26.2 Å². The van der Waals surface area contributed by atoms with E-state index >= 15 is 0 Å². The van der Waals surface area contributed by atoms with E-state index in [-0.39, 0.29) is 0 Å². The normalized spacial score (nSPS) is 23.8. The lowest BCUT2D eigenvalue weighted by Gasteiger charge is -2.22. The number of rotatable bonds is 3. The van der Waals surface area contributed by atoms with Crippen LogP contribution in [0.4, 0.5) is 0 Å². The number of aliphatic carboxylic acids is 1. The van der Waals surface area contributed by atoms with Gasteiger partial charge in [0.05, 0.1) is 5.41 Å². The summed E-state index contributed by atoms with van der Waals surface area (Å²) in [5.41, 5.74) is 4.67. The van der Waals surface area contributed by atoms with Crippen LogP contribution >= 0.6 is 0 Å². The number of benzene rings is 1. The van der Waals surface area contributed by atoms with Crippen LogP contribution < -0.4 is 0 Å². The first-order chi connectivity index (χ1) is 8.82. The summed E-state index contributed by atoms with van der Waals surface area (Å²) in [6, 6.07) is 4.41. The largest absolute Gasteiger partial charge is 0.481 e. The molecule has 1 atom stereocenters. The summed E-state index contributed by atoms with van der Waals surface area (Å²) in [6.07, 6.45) is 0.742. The first-order valence-electron chi connectivity index (χ1n) is 6.84. The zero-order valence-corrected chi connectivity index (χ0v) is 12.3. The molecular formula is C16H23NO2. The molecule has 0 aromatic heterocycles. The third kappa shape index (κ3) is 2.81. The molecule has 1 aromatic rings. The van der Waals surface area contributed by atoms with Gasteiger partial charge in [-0.25, -0.2) is 0 Å². The van der Waals surface area contributed by atoms with Gasteiger partial charge in [0.2, 0.25) is 0 Å². The van der Waals surface area contributed by atoms with Crippen LogP contribution in [0.3, 0.4) is 0 Å². The highest BCUT2D eigenvalue weighted by Crippen LogP contribution is 2.31. The zero-order chi connectivity index (χ0) is 14.2. The summed E-state index contributed by atoms with van der Waals surface area (Å²) >= 11 is 0. The van der Waals surface area contributed by atoms with E-state index in [0.29, 0.717) is 6.54 Å². The summed E-state index contributed by atoms with van der Waals surface area (Å²) < 4.78 is 0. The van der Waals surface area contributed by atoms with Gasteiger partial charge in [0.25, 0.3) is 0 Å². The van der Waals surface area contributed by atoms with Gasteiger partial charge in [-0.2, -0.15) is 0 Å². The topological polar surface area (TPSA) is 40.5 Å². The van der Waals surface area contributed by atoms with Crippen molar-refractivity contribution in [3.8, 4) is 0 Å². The number of aryl methyl sites for hydroxylation is 3. The lowest BCUT2D eigenvalue weighted by molar-refractivity contribution is -0.147. The summed E-state index contributed by atoms with van der Waals surface area (Å²) in [4.78, 5) is 13.5. The monoisotopic (exact) mass is 261 g/mol. The van der Waals surface area contributed by atoms with E-state index in [1.165, 1.54) is 22.3 Å². The van der Waals surface area contributed by atoms with E-state index < -0.39 is 11.4 Å². The van der Waals surface area contributed by atoms with Gasteiger partial charge in [0, 0.05) is 13.1 Å². The number of nitrogens with zero attached hydrogens (tertiary/aromatic N) is 1. The van der Waals surface area contributed by atoms with Crippen molar-refractivity contribution in [2.45, 2.75) is 40.7 Å². The first kappa shape index (κ1) is 14.1. The Morgan fingerprint density at radius 3 is 2.37 bits per heavy atom. The maximum atomic E-state index is 11.3. The number of hydrogen-bond acceptors (Lipinski definition) is 2. The standard InChI is InChI=1S/C16H23NO2/c1-11-7-12(2)14(13(3)8-11)9-17-6-5-16(4,10-17)15(18)19/h7-8H,5-6,9-10H2,1-4H3,(H,18,19). The van der Waals surface area contributed by atoms with E-state index in [9.17, 15) is 9.90 Å². The minimum Gasteiger partial charge on any atom is -0.481 e. The average Bonchev–Trinajstić information content (AvgIpc) is 2.67. The molecule has 1 aromatic carbocycles. The van der Waals surface area contributed by atoms with Crippen molar-refractivity contribution in [2.75, 3.05) is 13.1 Å². The maximum absolute atomic E-state index is 11.3. The second-order valence-electron chi connectivity index (χ2n) is 6.20. The van der Waals surface area contributed by atoms with Crippen LogP contribution in [0.25, 0.3) is 0 Å². The minimum atomic E-state index is -0.674. The maximum Gasteiger partial charge on any atom is 0.310 e. The van der Waals surface area contributed by atoms with Crippen molar-refractivity contribution in [1.29, 1.82) is 0 Å². The van der Waals surface area contributed by atoms with Gasteiger partial charge < -0.3 is 5.11 Å². The minimum absolute atomic E-state index is 0.577. The molecule has 1 heterocycles. The van der Waals surface area contributed by atoms with E-state index in [1.54, 1.807) is 0 Å². The summed E-state index contributed by atoms with van der Waals surface area (Å²) in [6.45, 7) is 10.6. The molecule has 2 rings (SSSR count). The lowest BCUT2D eigenvalue weighted by Crippen LogP contribution is -2.31. The van der Waals surface area contributed by atoms with E-state index in [2.05, 4.69) is 37.8 Å². The zero-order valence-electron chi connectivity index (χ0n) is 12.3. The fraction of sp³-hybridized carbons (Fsp3) is 0.562. The Hall–Kier alpha value is -1.35. The highest BCUT2D eigenvalue weighted by Gasteiger charge is 2.40. The Balaban J connectivity index is 2.14. The van der Waals surface area contributed by atoms with Crippen LogP contribution in [0.15, 0.2) is 12.1 Å². The Kier molecular flexibility index (Phi) is 3.68. The fourth-order valence-electron chi connectivity index (χ4n) is 3.05. The summed E-state index contributed by atoms with van der Waals surface area (Å²) in [5.74, 6) is -0.674. The van der Waals surface area contributed by atoms with Gasteiger partial charge in [-0.3, -0.25) is 9.69 Å². The van der Waals surface area contributed by atoms with Gasteiger partial charge in [-0.05, 0) is 57.4 Å². The van der Waals surface area contributed by atoms with E-state index in [4.69, 9.17) is 0 Å². The van der Waals surface area contributed by atoms with Crippen LogP contribution in [-0.4, -0.2) is 29.1 Å². The van der Waals surface area contributed by atoms with Crippen molar-refractivity contribution >= 4 is 5.97 Å². The van der Waals surface area contributed by atoms with Crippen LogP contribution in [0.2, 0.25) is 0 Å². The number of carbonyl (C=O) groups is 1. The van der Waals surface area contributed by atoms with Crippen molar-refractivity contribution in [2.24, 2.45) is 5.41 Å². The fourth-order valence-corrected chi connectivity index (χ4v) is 3.05. The molecule has 3 heteroatoms. The second-order valence-corrected chi connectivity index (χ2v) is 6.20. The van der Waals surface area contributed by atoms with Crippen molar-refractivity contribution < 1.29 is 9.90 Å². The number of carboxylic acid groups (broad SMARTS) is 1. The van der Waals surface area contributed by atoms with Crippen LogP contribution in [0.5, 0.6) is 0 Å². The Bertz CT molecular complexity index is 486. The van der Waals surface area contributed by atoms with Crippen LogP contribution in [0.1, 0.15) is 35.6 Å². The predicted octanol–water partition coefficient (Wildman–Crippen LogP) is 2.91. The van der Waals surface area contributed by atoms with Crippen molar-refractivity contribution in [1.82, 2.24) is 4.90 Å². The molecule has 1 fully saturated rings. The summed E-state index contributed by atoms with van der Waals surface area (Å²) in [7, 11) is 0.